The Hall–Kier alpha value is -2.04. The van der Waals surface area contributed by atoms with E-state index >= 15 is 0 Å². The van der Waals surface area contributed by atoms with Gasteiger partial charge in [0.05, 0.1) is 16.8 Å². The summed E-state index contributed by atoms with van der Waals surface area (Å²) in [4.78, 5) is 0. The van der Waals surface area contributed by atoms with Crippen LogP contribution in [-0.2, 0) is 9.31 Å². The van der Waals surface area contributed by atoms with Crippen molar-refractivity contribution in [3.63, 3.8) is 0 Å². The van der Waals surface area contributed by atoms with Crippen LogP contribution < -0.4 is 5.59 Å². The average molecular weight is 319 g/mol. The molecule has 24 heavy (non-hydrogen) atoms. The lowest BCUT2D eigenvalue weighted by molar-refractivity contribution is 0.00578. The Morgan fingerprint density at radius 1 is 0.792 bits per heavy atom. The standard InChI is InChI=1S/C20H22BNO2/c1-19(2)20(3,4)24-21(23-19)18-12-8-11-17-13-16(14-22(17)18)15-9-6-5-7-10-15/h5-14H,1-4H3. The molecule has 0 unspecified atom stereocenters. The zero-order valence-electron chi connectivity index (χ0n) is 14.6. The van der Waals surface area contributed by atoms with E-state index in [-0.39, 0.29) is 18.3 Å². The van der Waals surface area contributed by atoms with E-state index in [0.717, 1.165) is 11.1 Å². The van der Waals surface area contributed by atoms with Crippen LogP contribution in [-0.4, -0.2) is 22.7 Å². The molecule has 1 aromatic carbocycles. The maximum Gasteiger partial charge on any atom is 0.512 e. The molecule has 1 saturated heterocycles. The number of benzene rings is 1. The molecule has 4 rings (SSSR count). The van der Waals surface area contributed by atoms with Crippen molar-refractivity contribution >= 4 is 18.2 Å². The minimum Gasteiger partial charge on any atom is -0.398 e. The van der Waals surface area contributed by atoms with E-state index in [9.17, 15) is 0 Å². The summed E-state index contributed by atoms with van der Waals surface area (Å²) in [5.41, 5.74) is 3.89. The van der Waals surface area contributed by atoms with Crippen molar-refractivity contribution in [1.29, 1.82) is 0 Å². The molecular formula is C20H22BNO2. The fourth-order valence-corrected chi connectivity index (χ4v) is 3.10. The first-order chi connectivity index (χ1) is 11.4. The van der Waals surface area contributed by atoms with Crippen LogP contribution in [0, 0.1) is 0 Å². The zero-order chi connectivity index (χ0) is 16.9. The summed E-state index contributed by atoms with van der Waals surface area (Å²) in [6.45, 7) is 8.33. The van der Waals surface area contributed by atoms with Gasteiger partial charge in [-0.1, -0.05) is 36.4 Å². The van der Waals surface area contributed by atoms with E-state index < -0.39 is 0 Å². The Balaban J connectivity index is 1.79. The number of pyridine rings is 1. The van der Waals surface area contributed by atoms with Gasteiger partial charge >= 0.3 is 7.12 Å². The Labute approximate surface area is 143 Å². The van der Waals surface area contributed by atoms with Crippen molar-refractivity contribution in [2.45, 2.75) is 38.9 Å². The Morgan fingerprint density at radius 3 is 2.12 bits per heavy atom. The molecule has 0 spiro atoms. The van der Waals surface area contributed by atoms with Crippen LogP contribution >= 0.6 is 0 Å². The van der Waals surface area contributed by atoms with E-state index in [1.54, 1.807) is 0 Å². The normalized spacial score (nSPS) is 19.1. The second-order valence-corrected chi connectivity index (χ2v) is 7.43. The van der Waals surface area contributed by atoms with Crippen molar-refractivity contribution in [3.8, 4) is 11.1 Å². The van der Waals surface area contributed by atoms with E-state index in [2.05, 4.69) is 86.8 Å². The first-order valence-corrected chi connectivity index (χ1v) is 8.39. The third kappa shape index (κ3) is 2.38. The van der Waals surface area contributed by atoms with Gasteiger partial charge in [0.2, 0.25) is 0 Å². The molecule has 1 fully saturated rings. The van der Waals surface area contributed by atoms with Gasteiger partial charge in [-0.3, -0.25) is 0 Å². The molecule has 2 aromatic heterocycles. The van der Waals surface area contributed by atoms with E-state index in [4.69, 9.17) is 9.31 Å². The molecule has 0 amide bonds. The Kier molecular flexibility index (Phi) is 3.38. The van der Waals surface area contributed by atoms with Gasteiger partial charge in [0.15, 0.2) is 0 Å². The summed E-state index contributed by atoms with van der Waals surface area (Å²) in [7, 11) is -0.366. The first-order valence-electron chi connectivity index (χ1n) is 8.39. The van der Waals surface area contributed by atoms with Gasteiger partial charge in [0, 0.05) is 17.3 Å². The number of nitrogens with zero attached hydrogens (tertiary/aromatic N) is 1. The molecule has 0 N–H and O–H groups in total. The van der Waals surface area contributed by atoms with Crippen LogP contribution in [0.1, 0.15) is 27.7 Å². The Bertz CT molecular complexity index is 867. The molecule has 122 valence electrons. The highest BCUT2D eigenvalue weighted by Gasteiger charge is 2.52. The molecule has 4 heteroatoms. The van der Waals surface area contributed by atoms with E-state index in [0.29, 0.717) is 0 Å². The van der Waals surface area contributed by atoms with E-state index in [1.165, 1.54) is 11.1 Å². The molecule has 0 saturated carbocycles. The van der Waals surface area contributed by atoms with Crippen LogP contribution in [0.4, 0.5) is 0 Å². The van der Waals surface area contributed by atoms with Gasteiger partial charge in [-0.15, -0.1) is 0 Å². The second kappa shape index (κ2) is 5.23. The molecule has 0 bridgehead atoms. The maximum absolute atomic E-state index is 6.23. The largest absolute Gasteiger partial charge is 0.512 e. The summed E-state index contributed by atoms with van der Waals surface area (Å²) in [6, 6.07) is 18.9. The quantitative estimate of drug-likeness (QED) is 0.669. The van der Waals surface area contributed by atoms with Crippen molar-refractivity contribution in [2.24, 2.45) is 0 Å². The highest BCUT2D eigenvalue weighted by molar-refractivity contribution is 6.61. The lowest BCUT2D eigenvalue weighted by atomic mass is 9.84. The molecular weight excluding hydrogens is 297 g/mol. The van der Waals surface area contributed by atoms with Gasteiger partial charge in [-0.2, -0.15) is 0 Å². The number of rotatable bonds is 2. The summed E-state index contributed by atoms with van der Waals surface area (Å²) in [5.74, 6) is 0. The van der Waals surface area contributed by atoms with E-state index in [1.807, 2.05) is 6.07 Å². The van der Waals surface area contributed by atoms with Crippen LogP contribution in [0.3, 0.4) is 0 Å². The summed E-state index contributed by atoms with van der Waals surface area (Å²) in [6.07, 6.45) is 2.16. The second-order valence-electron chi connectivity index (χ2n) is 7.43. The highest BCUT2D eigenvalue weighted by atomic mass is 16.7. The van der Waals surface area contributed by atoms with Gasteiger partial charge in [0.1, 0.15) is 0 Å². The smallest absolute Gasteiger partial charge is 0.398 e. The number of fused-ring (bicyclic) bond motifs is 1. The molecule has 3 heterocycles. The lowest BCUT2D eigenvalue weighted by Crippen LogP contribution is -2.41. The molecule has 1 aliphatic heterocycles. The van der Waals surface area contributed by atoms with Crippen molar-refractivity contribution < 1.29 is 9.31 Å². The number of hydrogen-bond donors (Lipinski definition) is 0. The molecule has 3 nitrogen and oxygen atoms in total. The summed E-state index contributed by atoms with van der Waals surface area (Å²) >= 11 is 0. The molecule has 0 aliphatic carbocycles. The van der Waals surface area contributed by atoms with Crippen LogP contribution in [0.2, 0.25) is 0 Å². The van der Waals surface area contributed by atoms with Crippen LogP contribution in [0.5, 0.6) is 0 Å². The summed E-state index contributed by atoms with van der Waals surface area (Å²) < 4.78 is 14.6. The predicted octanol–water partition coefficient (Wildman–Crippen LogP) is 3.91. The topological polar surface area (TPSA) is 22.9 Å². The predicted molar refractivity (Wildman–Crippen MR) is 98.5 cm³/mol. The monoisotopic (exact) mass is 319 g/mol. The summed E-state index contributed by atoms with van der Waals surface area (Å²) in [5, 5.41) is 0. The number of aromatic nitrogens is 1. The van der Waals surface area contributed by atoms with Crippen LogP contribution in [0.25, 0.3) is 16.6 Å². The van der Waals surface area contributed by atoms with Crippen molar-refractivity contribution in [1.82, 2.24) is 4.40 Å². The van der Waals surface area contributed by atoms with Gasteiger partial charge in [0.25, 0.3) is 0 Å². The molecule has 0 radical (unpaired) electrons. The third-order valence-electron chi connectivity index (χ3n) is 5.26. The van der Waals surface area contributed by atoms with Gasteiger partial charge in [-0.05, 0) is 51.5 Å². The first kappa shape index (κ1) is 15.5. The minimum atomic E-state index is -0.366. The minimum absolute atomic E-state index is 0.338. The highest BCUT2D eigenvalue weighted by Crippen LogP contribution is 2.36. The zero-order valence-corrected chi connectivity index (χ0v) is 14.6. The fourth-order valence-electron chi connectivity index (χ4n) is 3.10. The third-order valence-corrected chi connectivity index (χ3v) is 5.26. The molecule has 0 atom stereocenters. The molecule has 3 aromatic rings. The number of hydrogen-bond acceptors (Lipinski definition) is 2. The molecule has 1 aliphatic rings. The average Bonchev–Trinajstić information content (AvgIpc) is 3.06. The Morgan fingerprint density at radius 2 is 1.46 bits per heavy atom. The van der Waals surface area contributed by atoms with Crippen LogP contribution in [0.15, 0.2) is 60.8 Å². The lowest BCUT2D eigenvalue weighted by Gasteiger charge is -2.32. The van der Waals surface area contributed by atoms with Gasteiger partial charge < -0.3 is 13.7 Å². The van der Waals surface area contributed by atoms with Gasteiger partial charge in [-0.25, -0.2) is 0 Å². The van der Waals surface area contributed by atoms with Crippen molar-refractivity contribution in [2.75, 3.05) is 0 Å². The fraction of sp³-hybridized carbons (Fsp3) is 0.300. The van der Waals surface area contributed by atoms with Crippen molar-refractivity contribution in [3.05, 3.63) is 60.8 Å². The maximum atomic E-state index is 6.23. The SMILES string of the molecule is CC1(C)OB(c2cccc3cc(-c4ccccc4)cn23)OC1(C)C.